The summed E-state index contributed by atoms with van der Waals surface area (Å²) in [6.45, 7) is 2.70. The van der Waals surface area contributed by atoms with Crippen molar-refractivity contribution in [3.8, 4) is 22.8 Å². The number of benzene rings is 2. The van der Waals surface area contributed by atoms with Gasteiger partial charge in [0.05, 0.1) is 27.4 Å². The predicted molar refractivity (Wildman–Crippen MR) is 156 cm³/mol. The Bertz CT molecular complexity index is 1430. The Morgan fingerprint density at radius 3 is 2.36 bits per heavy atom. The molecule has 12 heteroatoms. The van der Waals surface area contributed by atoms with Crippen molar-refractivity contribution < 1.29 is 32.3 Å². The van der Waals surface area contributed by atoms with Gasteiger partial charge in [-0.3, -0.25) is 4.79 Å². The number of aromatic nitrogens is 1. The summed E-state index contributed by atoms with van der Waals surface area (Å²) < 4.78 is 45.4. The van der Waals surface area contributed by atoms with Crippen molar-refractivity contribution in [1.82, 2.24) is 10.1 Å². The van der Waals surface area contributed by atoms with E-state index in [9.17, 15) is 13.6 Å². The van der Waals surface area contributed by atoms with E-state index in [2.05, 4.69) is 33.0 Å². The Kier molecular flexibility index (Phi) is 8.17. The van der Waals surface area contributed by atoms with Gasteiger partial charge in [0.25, 0.3) is 5.91 Å². The number of nitrogens with one attached hydrogen (secondary N) is 1. The van der Waals surface area contributed by atoms with E-state index < -0.39 is 6.93 Å². The van der Waals surface area contributed by atoms with Crippen LogP contribution in [0.5, 0.6) is 11.5 Å². The van der Waals surface area contributed by atoms with E-state index in [1.165, 1.54) is 48.0 Å². The van der Waals surface area contributed by atoms with Gasteiger partial charge in [-0.1, -0.05) is 11.2 Å². The topological polar surface area (TPSA) is 89.3 Å². The fourth-order valence-corrected chi connectivity index (χ4v) is 6.75. The first-order valence-electron chi connectivity index (χ1n) is 14.1. The molecule has 7 rings (SSSR count). The summed E-state index contributed by atoms with van der Waals surface area (Å²) in [6.07, 6.45) is 4.52. The number of fused-ring (bicyclic) bond motifs is 4. The fraction of sp³-hybridized carbons (Fsp3) is 0.467. The molecule has 2 aliphatic carbocycles. The average molecular weight is 601 g/mol. The molecule has 1 amide bonds. The molecule has 3 aromatic rings. The molecule has 224 valence electrons. The maximum Gasteiger partial charge on any atom is 0.254 e. The van der Waals surface area contributed by atoms with Crippen LogP contribution in [0.25, 0.3) is 11.3 Å². The van der Waals surface area contributed by atoms with E-state index in [0.717, 1.165) is 41.5 Å². The van der Waals surface area contributed by atoms with Gasteiger partial charge in [-0.25, -0.2) is 8.78 Å². The van der Waals surface area contributed by atoms with E-state index in [4.69, 9.17) is 18.7 Å². The van der Waals surface area contributed by atoms with E-state index in [1.54, 1.807) is 31.3 Å². The van der Waals surface area contributed by atoms with E-state index in [1.807, 2.05) is 0 Å². The highest BCUT2D eigenvalue weighted by molar-refractivity contribution is 8.00. The van der Waals surface area contributed by atoms with Crippen LogP contribution in [0, 0.1) is 0 Å². The van der Waals surface area contributed by atoms with Gasteiger partial charge in [0.15, 0.2) is 11.6 Å². The number of morpholine rings is 1. The molecule has 0 bridgehead atoms. The Morgan fingerprint density at radius 1 is 1.07 bits per heavy atom. The molecule has 9 nitrogen and oxygen atoms in total. The number of alkyl halides is 2. The highest BCUT2D eigenvalue weighted by Gasteiger charge is 2.50. The van der Waals surface area contributed by atoms with Crippen LogP contribution in [0.3, 0.4) is 0 Å². The zero-order chi connectivity index (χ0) is 29.3. The van der Waals surface area contributed by atoms with Gasteiger partial charge in [-0.15, -0.1) is 0 Å². The molecule has 0 atom stereocenters. The number of rotatable bonds is 7. The molecule has 1 spiro atoms. The summed E-state index contributed by atoms with van der Waals surface area (Å²) in [5.74, 6) is 2.64. The Hall–Kier alpha value is -3.51. The molecule has 0 radical (unpaired) electrons. The minimum Gasteiger partial charge on any atom is -0.495 e. The van der Waals surface area contributed by atoms with Crippen molar-refractivity contribution in [2.75, 3.05) is 70.2 Å². The number of carbonyl (C=O) groups excluding carboxylic acids is 1. The molecule has 1 N–H and O–H groups in total. The number of nitrogens with zero attached hydrogens (tertiary/aromatic N) is 3. The summed E-state index contributed by atoms with van der Waals surface area (Å²) in [7, 11) is 3.20. The van der Waals surface area contributed by atoms with Crippen LogP contribution in [0.15, 0.2) is 39.8 Å². The third-order valence-electron chi connectivity index (χ3n) is 8.45. The molecule has 1 aromatic heterocycles. The number of amides is 1. The Morgan fingerprint density at radius 2 is 1.76 bits per heavy atom. The minimum absolute atomic E-state index is 0.0593. The van der Waals surface area contributed by atoms with Gasteiger partial charge in [-0.05, 0) is 67.5 Å². The standard InChI is InChI=1S/C29H32N4O5S.CH2F2/c1-35-23-14-18(28(34)33-10-12-37-13-11-33)15-24(36-2)26(23)39-31-27-21-17-29(6-7-29)22-5-4-19(32-8-3-9-32)16-20(22)25(21)38-30-27;2-1-3/h4-5,14-16H,3,6-13,17H2,1-2H3,(H,30,31);1H2. The van der Waals surface area contributed by atoms with Crippen molar-refractivity contribution in [2.24, 2.45) is 0 Å². The number of carbonyl (C=O) groups is 1. The minimum atomic E-state index is -1.75. The number of anilines is 2. The molecule has 3 heterocycles. The molecule has 4 aliphatic rings. The summed E-state index contributed by atoms with van der Waals surface area (Å²) in [4.78, 5) is 18.1. The van der Waals surface area contributed by atoms with Crippen LogP contribution >= 0.6 is 11.9 Å². The molecule has 2 saturated heterocycles. The third-order valence-corrected chi connectivity index (χ3v) is 9.35. The summed E-state index contributed by atoms with van der Waals surface area (Å²) >= 11 is 1.36. The second kappa shape index (κ2) is 12.0. The van der Waals surface area contributed by atoms with Crippen molar-refractivity contribution in [2.45, 2.75) is 36.0 Å². The van der Waals surface area contributed by atoms with Gasteiger partial charge in [-0.2, -0.15) is 0 Å². The van der Waals surface area contributed by atoms with Crippen molar-refractivity contribution in [3.63, 3.8) is 0 Å². The average Bonchev–Trinajstić information content (AvgIpc) is 3.65. The first kappa shape index (κ1) is 28.6. The maximum absolute atomic E-state index is 13.1. The van der Waals surface area contributed by atoms with Gasteiger partial charge in [0.1, 0.15) is 16.4 Å². The zero-order valence-corrected chi connectivity index (χ0v) is 24.5. The van der Waals surface area contributed by atoms with E-state index in [-0.39, 0.29) is 11.3 Å². The first-order chi connectivity index (χ1) is 20.5. The summed E-state index contributed by atoms with van der Waals surface area (Å²) in [5.41, 5.74) is 5.64. The van der Waals surface area contributed by atoms with Crippen LogP contribution in [-0.4, -0.2) is 76.5 Å². The fourth-order valence-electron chi connectivity index (χ4n) is 5.90. The van der Waals surface area contributed by atoms with Crippen LogP contribution < -0.4 is 19.1 Å². The van der Waals surface area contributed by atoms with Gasteiger partial charge in [0, 0.05) is 54.0 Å². The third kappa shape index (κ3) is 5.26. The maximum atomic E-state index is 13.1. The van der Waals surface area contributed by atoms with Crippen molar-refractivity contribution >= 4 is 29.4 Å². The molecule has 3 fully saturated rings. The van der Waals surface area contributed by atoms with Gasteiger partial charge < -0.3 is 33.3 Å². The highest BCUT2D eigenvalue weighted by Crippen LogP contribution is 2.59. The zero-order valence-electron chi connectivity index (χ0n) is 23.7. The van der Waals surface area contributed by atoms with E-state index in [0.29, 0.717) is 43.4 Å². The quantitative estimate of drug-likeness (QED) is 0.347. The number of methoxy groups -OCH3 is 2. The van der Waals surface area contributed by atoms with Crippen LogP contribution in [-0.2, 0) is 16.6 Å². The smallest absolute Gasteiger partial charge is 0.254 e. The molecule has 2 aromatic carbocycles. The summed E-state index contributed by atoms with van der Waals surface area (Å²) in [6, 6.07) is 10.4. The Labute approximate surface area is 247 Å². The lowest BCUT2D eigenvalue weighted by molar-refractivity contribution is 0.0302. The molecular weight excluding hydrogens is 566 g/mol. The number of hydrogen-bond acceptors (Lipinski definition) is 9. The lowest BCUT2D eigenvalue weighted by Crippen LogP contribution is -2.40. The molecule has 42 heavy (non-hydrogen) atoms. The molecule has 1 saturated carbocycles. The van der Waals surface area contributed by atoms with Crippen molar-refractivity contribution in [1.29, 1.82) is 0 Å². The van der Waals surface area contributed by atoms with Crippen LogP contribution in [0.1, 0.15) is 40.7 Å². The second-order valence-electron chi connectivity index (χ2n) is 10.8. The van der Waals surface area contributed by atoms with Crippen LogP contribution in [0.4, 0.5) is 20.3 Å². The van der Waals surface area contributed by atoms with Crippen molar-refractivity contribution in [3.05, 3.63) is 47.0 Å². The molecular formula is C30H34F2N4O5S. The number of hydrogen-bond donors (Lipinski definition) is 1. The molecule has 2 aliphatic heterocycles. The monoisotopic (exact) mass is 600 g/mol. The number of ether oxygens (including phenoxy) is 3. The first-order valence-corrected chi connectivity index (χ1v) is 14.9. The highest BCUT2D eigenvalue weighted by atomic mass is 32.2. The lowest BCUT2D eigenvalue weighted by atomic mass is 9.79. The number of halogens is 2. The van der Waals surface area contributed by atoms with Gasteiger partial charge in [0.2, 0.25) is 6.93 Å². The lowest BCUT2D eigenvalue weighted by Gasteiger charge is -2.34. The van der Waals surface area contributed by atoms with Crippen LogP contribution in [0.2, 0.25) is 0 Å². The van der Waals surface area contributed by atoms with Gasteiger partial charge >= 0.3 is 0 Å². The van der Waals surface area contributed by atoms with E-state index >= 15 is 0 Å². The predicted octanol–water partition coefficient (Wildman–Crippen LogP) is 5.63. The largest absolute Gasteiger partial charge is 0.495 e. The Balaban J connectivity index is 0.00000101. The normalized spacial score (nSPS) is 17.8. The SMILES string of the molecule is COc1cc(C(=O)N2CCOCC2)cc(OC)c1SNc1noc2c1CC1(CC1)c1ccc(N3CCC3)cc1-2.FCF. The summed E-state index contributed by atoms with van der Waals surface area (Å²) in [5, 5.41) is 4.46. The molecule has 0 unspecified atom stereocenters. The second-order valence-corrected chi connectivity index (χ2v) is 11.6.